The van der Waals surface area contributed by atoms with Gasteiger partial charge in [-0.05, 0) is 43.3 Å². The number of amides is 1. The number of nitrogens with one attached hydrogen (secondary N) is 1. The number of benzene rings is 2. The van der Waals surface area contributed by atoms with E-state index in [-0.39, 0.29) is 5.91 Å². The molecule has 5 nitrogen and oxygen atoms in total. The van der Waals surface area contributed by atoms with Crippen molar-refractivity contribution >= 4 is 17.3 Å². The number of nitrogens with zero attached hydrogens (tertiary/aromatic N) is 1. The molecule has 1 fully saturated rings. The molecule has 2 aromatic rings. The number of anilines is 2. The van der Waals surface area contributed by atoms with Gasteiger partial charge in [0.2, 0.25) is 0 Å². The van der Waals surface area contributed by atoms with Gasteiger partial charge in [0.05, 0.1) is 13.2 Å². The largest absolute Gasteiger partial charge is 0.481 e. The van der Waals surface area contributed by atoms with Crippen LogP contribution in [0.25, 0.3) is 0 Å². The number of rotatable bonds is 5. The second-order valence-electron chi connectivity index (χ2n) is 5.71. The highest BCUT2D eigenvalue weighted by Gasteiger charge is 2.15. The zero-order valence-corrected chi connectivity index (χ0v) is 13.8. The second-order valence-corrected chi connectivity index (χ2v) is 5.71. The summed E-state index contributed by atoms with van der Waals surface area (Å²) in [6, 6.07) is 17.2. The SMILES string of the molecule is C[C@@H](Oc1ccccc1)C(=O)Nc1ccc(N2CCOCC2)cc1. The molecule has 1 aliphatic heterocycles. The van der Waals surface area contributed by atoms with Crippen LogP contribution in [0, 0.1) is 0 Å². The van der Waals surface area contributed by atoms with Crippen LogP contribution in [0.1, 0.15) is 6.92 Å². The first-order valence-corrected chi connectivity index (χ1v) is 8.18. The van der Waals surface area contributed by atoms with E-state index < -0.39 is 6.10 Å². The molecule has 0 spiro atoms. The lowest BCUT2D eigenvalue weighted by Crippen LogP contribution is -2.36. The van der Waals surface area contributed by atoms with Crippen LogP contribution in [-0.4, -0.2) is 38.3 Å². The molecule has 0 aliphatic carbocycles. The van der Waals surface area contributed by atoms with Crippen LogP contribution in [0.15, 0.2) is 54.6 Å². The maximum atomic E-state index is 12.2. The molecular weight excluding hydrogens is 304 g/mol. The number of hydrogen-bond donors (Lipinski definition) is 1. The number of ether oxygens (including phenoxy) is 2. The maximum Gasteiger partial charge on any atom is 0.265 e. The summed E-state index contributed by atoms with van der Waals surface area (Å²) in [4.78, 5) is 14.5. The predicted octanol–water partition coefficient (Wildman–Crippen LogP) is 2.93. The van der Waals surface area contributed by atoms with E-state index in [1.54, 1.807) is 6.92 Å². The summed E-state index contributed by atoms with van der Waals surface area (Å²) in [6.07, 6.45) is -0.564. The molecule has 0 unspecified atom stereocenters. The minimum atomic E-state index is -0.564. The monoisotopic (exact) mass is 326 g/mol. The molecule has 5 heteroatoms. The van der Waals surface area contributed by atoms with Gasteiger partial charge in [0.15, 0.2) is 6.10 Å². The summed E-state index contributed by atoms with van der Waals surface area (Å²) in [7, 11) is 0. The highest BCUT2D eigenvalue weighted by molar-refractivity contribution is 5.94. The Kier molecular flexibility index (Phi) is 5.33. The molecule has 1 saturated heterocycles. The fourth-order valence-corrected chi connectivity index (χ4v) is 2.58. The molecule has 24 heavy (non-hydrogen) atoms. The van der Waals surface area contributed by atoms with E-state index in [0.29, 0.717) is 5.75 Å². The number of para-hydroxylation sites is 1. The van der Waals surface area contributed by atoms with Crippen LogP contribution in [0.2, 0.25) is 0 Å². The van der Waals surface area contributed by atoms with Crippen LogP contribution in [-0.2, 0) is 9.53 Å². The third kappa shape index (κ3) is 4.26. The maximum absolute atomic E-state index is 12.2. The van der Waals surface area contributed by atoms with Crippen molar-refractivity contribution in [1.82, 2.24) is 0 Å². The minimum Gasteiger partial charge on any atom is -0.481 e. The van der Waals surface area contributed by atoms with Crippen molar-refractivity contribution in [1.29, 1.82) is 0 Å². The van der Waals surface area contributed by atoms with E-state index in [1.807, 2.05) is 54.6 Å². The van der Waals surface area contributed by atoms with Gasteiger partial charge < -0.3 is 19.7 Å². The average molecular weight is 326 g/mol. The van der Waals surface area contributed by atoms with E-state index >= 15 is 0 Å². The third-order valence-electron chi connectivity index (χ3n) is 3.94. The van der Waals surface area contributed by atoms with Crippen LogP contribution in [0.5, 0.6) is 5.75 Å². The zero-order chi connectivity index (χ0) is 16.8. The lowest BCUT2D eigenvalue weighted by molar-refractivity contribution is -0.122. The van der Waals surface area contributed by atoms with E-state index in [4.69, 9.17) is 9.47 Å². The van der Waals surface area contributed by atoms with Gasteiger partial charge in [-0.25, -0.2) is 0 Å². The van der Waals surface area contributed by atoms with Crippen molar-refractivity contribution in [3.8, 4) is 5.75 Å². The predicted molar refractivity (Wildman–Crippen MR) is 94.6 cm³/mol. The van der Waals surface area contributed by atoms with Gasteiger partial charge >= 0.3 is 0 Å². The molecule has 1 heterocycles. The van der Waals surface area contributed by atoms with Crippen LogP contribution < -0.4 is 15.0 Å². The van der Waals surface area contributed by atoms with Gasteiger partial charge in [-0.1, -0.05) is 18.2 Å². The van der Waals surface area contributed by atoms with Gasteiger partial charge in [-0.3, -0.25) is 4.79 Å². The molecule has 1 amide bonds. The quantitative estimate of drug-likeness (QED) is 0.918. The molecule has 0 radical (unpaired) electrons. The Morgan fingerprint density at radius 3 is 2.42 bits per heavy atom. The van der Waals surface area contributed by atoms with E-state index in [9.17, 15) is 4.79 Å². The van der Waals surface area contributed by atoms with Gasteiger partial charge in [-0.2, -0.15) is 0 Å². The first-order valence-electron chi connectivity index (χ1n) is 8.18. The van der Waals surface area contributed by atoms with Crippen molar-refractivity contribution in [2.45, 2.75) is 13.0 Å². The Labute approximate surface area is 142 Å². The van der Waals surface area contributed by atoms with Gasteiger partial charge in [0.25, 0.3) is 5.91 Å². The lowest BCUT2D eigenvalue weighted by atomic mass is 10.2. The highest BCUT2D eigenvalue weighted by atomic mass is 16.5. The second kappa shape index (κ2) is 7.84. The molecule has 1 N–H and O–H groups in total. The summed E-state index contributed by atoms with van der Waals surface area (Å²) in [5.41, 5.74) is 1.91. The Balaban J connectivity index is 1.55. The lowest BCUT2D eigenvalue weighted by Gasteiger charge is -2.29. The van der Waals surface area contributed by atoms with Crippen LogP contribution >= 0.6 is 0 Å². The highest BCUT2D eigenvalue weighted by Crippen LogP contribution is 2.19. The summed E-state index contributed by atoms with van der Waals surface area (Å²) in [6.45, 7) is 5.05. The average Bonchev–Trinajstić information content (AvgIpc) is 2.64. The molecule has 0 aromatic heterocycles. The molecule has 2 aromatic carbocycles. The zero-order valence-electron chi connectivity index (χ0n) is 13.8. The summed E-state index contributed by atoms with van der Waals surface area (Å²) >= 11 is 0. The molecule has 0 saturated carbocycles. The Hall–Kier alpha value is -2.53. The van der Waals surface area contributed by atoms with Crippen molar-refractivity contribution in [2.75, 3.05) is 36.5 Å². The number of morpholine rings is 1. The van der Waals surface area contributed by atoms with Crippen molar-refractivity contribution in [2.24, 2.45) is 0 Å². The fraction of sp³-hybridized carbons (Fsp3) is 0.316. The smallest absolute Gasteiger partial charge is 0.265 e. The number of hydrogen-bond acceptors (Lipinski definition) is 4. The topological polar surface area (TPSA) is 50.8 Å². The Bertz CT molecular complexity index is 652. The van der Waals surface area contributed by atoms with Gasteiger partial charge in [0, 0.05) is 24.5 Å². The molecule has 3 rings (SSSR count). The third-order valence-corrected chi connectivity index (χ3v) is 3.94. The summed E-state index contributed by atoms with van der Waals surface area (Å²) in [5.74, 6) is 0.515. The van der Waals surface area contributed by atoms with Gasteiger partial charge in [0.1, 0.15) is 5.75 Å². The number of carbonyl (C=O) groups excluding carboxylic acids is 1. The van der Waals surface area contributed by atoms with E-state index in [2.05, 4.69) is 10.2 Å². The van der Waals surface area contributed by atoms with Crippen molar-refractivity contribution in [3.63, 3.8) is 0 Å². The normalized spacial score (nSPS) is 15.6. The molecule has 1 aliphatic rings. The summed E-state index contributed by atoms with van der Waals surface area (Å²) < 4.78 is 11.0. The fourth-order valence-electron chi connectivity index (χ4n) is 2.58. The minimum absolute atomic E-state index is 0.169. The van der Waals surface area contributed by atoms with Crippen molar-refractivity contribution in [3.05, 3.63) is 54.6 Å². The molecule has 126 valence electrons. The van der Waals surface area contributed by atoms with Crippen LogP contribution in [0.3, 0.4) is 0 Å². The van der Waals surface area contributed by atoms with Gasteiger partial charge in [-0.15, -0.1) is 0 Å². The Morgan fingerprint density at radius 1 is 1.08 bits per heavy atom. The first kappa shape index (κ1) is 16.3. The molecule has 1 atom stereocenters. The summed E-state index contributed by atoms with van der Waals surface area (Å²) in [5, 5.41) is 2.88. The number of carbonyl (C=O) groups is 1. The standard InChI is InChI=1S/C19H22N2O3/c1-15(24-18-5-3-2-4-6-18)19(22)20-16-7-9-17(10-8-16)21-11-13-23-14-12-21/h2-10,15H,11-14H2,1H3,(H,20,22)/t15-/m1/s1. The van der Waals surface area contributed by atoms with E-state index in [1.165, 1.54) is 0 Å². The first-order chi connectivity index (χ1) is 11.7. The Morgan fingerprint density at radius 2 is 1.75 bits per heavy atom. The molecular formula is C19H22N2O3. The van der Waals surface area contributed by atoms with E-state index in [0.717, 1.165) is 37.7 Å². The van der Waals surface area contributed by atoms with Crippen LogP contribution in [0.4, 0.5) is 11.4 Å². The molecule has 0 bridgehead atoms. The van der Waals surface area contributed by atoms with Crippen molar-refractivity contribution < 1.29 is 14.3 Å².